The van der Waals surface area contributed by atoms with Gasteiger partial charge in [0.1, 0.15) is 5.82 Å². The Labute approximate surface area is 179 Å². The fraction of sp³-hybridized carbons (Fsp3) is 0.400. The predicted octanol–water partition coefficient (Wildman–Crippen LogP) is 6.32. The van der Waals surface area contributed by atoms with Crippen LogP contribution in [0, 0.1) is 0 Å². The van der Waals surface area contributed by atoms with Crippen LogP contribution in [0.4, 0.5) is 17.5 Å². The van der Waals surface area contributed by atoms with Crippen molar-refractivity contribution in [3.8, 4) is 11.3 Å². The summed E-state index contributed by atoms with van der Waals surface area (Å²) < 4.78 is 0. The summed E-state index contributed by atoms with van der Waals surface area (Å²) in [5.41, 5.74) is 4.39. The van der Waals surface area contributed by atoms with E-state index in [1.54, 1.807) is 12.4 Å². The molecule has 1 fully saturated rings. The number of anilines is 3. The fourth-order valence-corrected chi connectivity index (χ4v) is 3.88. The first kappa shape index (κ1) is 20.3. The van der Waals surface area contributed by atoms with Crippen molar-refractivity contribution >= 4 is 17.5 Å². The first-order valence-electron chi connectivity index (χ1n) is 10.9. The van der Waals surface area contributed by atoms with E-state index in [-0.39, 0.29) is 5.41 Å². The summed E-state index contributed by atoms with van der Waals surface area (Å²) in [6.07, 6.45) is 9.82. The molecule has 0 bridgehead atoms. The van der Waals surface area contributed by atoms with Crippen molar-refractivity contribution in [2.75, 3.05) is 10.6 Å². The summed E-state index contributed by atoms with van der Waals surface area (Å²) in [7, 11) is 0. The highest BCUT2D eigenvalue weighted by Crippen LogP contribution is 2.27. The van der Waals surface area contributed by atoms with E-state index in [4.69, 9.17) is 9.97 Å². The first-order chi connectivity index (χ1) is 14.5. The van der Waals surface area contributed by atoms with Gasteiger partial charge in [0.05, 0.1) is 5.69 Å². The fourth-order valence-electron chi connectivity index (χ4n) is 3.88. The lowest BCUT2D eigenvalue weighted by molar-refractivity contribution is 0.461. The van der Waals surface area contributed by atoms with Crippen molar-refractivity contribution < 1.29 is 0 Å². The van der Waals surface area contributed by atoms with E-state index in [9.17, 15) is 0 Å². The molecule has 4 rings (SSSR count). The molecule has 0 radical (unpaired) electrons. The smallest absolute Gasteiger partial charge is 0.225 e. The molecule has 0 unspecified atom stereocenters. The van der Waals surface area contributed by atoms with Gasteiger partial charge in [-0.05, 0) is 48.1 Å². The number of rotatable bonds is 5. The highest BCUT2D eigenvalue weighted by molar-refractivity contribution is 5.67. The Bertz CT molecular complexity index is 955. The third-order valence-corrected chi connectivity index (χ3v) is 5.66. The van der Waals surface area contributed by atoms with Gasteiger partial charge in [0.15, 0.2) is 0 Å². The van der Waals surface area contributed by atoms with Crippen LogP contribution < -0.4 is 10.6 Å². The number of benzene rings is 1. The van der Waals surface area contributed by atoms with Gasteiger partial charge >= 0.3 is 0 Å². The molecule has 156 valence electrons. The molecule has 1 aliphatic carbocycles. The Balaban J connectivity index is 1.61. The van der Waals surface area contributed by atoms with E-state index >= 15 is 0 Å². The molecule has 30 heavy (non-hydrogen) atoms. The van der Waals surface area contributed by atoms with Crippen LogP contribution >= 0.6 is 0 Å². The predicted molar refractivity (Wildman–Crippen MR) is 124 cm³/mol. The lowest BCUT2D eigenvalue weighted by Crippen LogP contribution is -2.23. The SMILES string of the molecule is CC(C)(C)c1ccc(Nc2cc(-c3ccncc3)nc(NC3CCCCC3)n2)cc1. The molecular weight excluding hydrogens is 370 g/mol. The maximum atomic E-state index is 4.80. The van der Waals surface area contributed by atoms with Crippen LogP contribution in [-0.2, 0) is 5.41 Å². The molecule has 0 spiro atoms. The standard InChI is InChI=1S/C25H31N5/c1-25(2,3)19-9-11-21(12-10-19)27-23-17-22(18-13-15-26-16-14-18)29-24(30-23)28-20-7-5-4-6-8-20/h9-17,20H,4-8H2,1-3H3,(H2,27,28,29,30). The van der Waals surface area contributed by atoms with Crippen LogP contribution in [0.25, 0.3) is 11.3 Å². The third kappa shape index (κ3) is 5.15. The largest absolute Gasteiger partial charge is 0.351 e. The summed E-state index contributed by atoms with van der Waals surface area (Å²) in [6.45, 7) is 6.68. The quantitative estimate of drug-likeness (QED) is 0.523. The normalized spacial score (nSPS) is 15.0. The Morgan fingerprint density at radius 2 is 1.57 bits per heavy atom. The summed E-state index contributed by atoms with van der Waals surface area (Å²) in [5, 5.41) is 7.03. The second-order valence-corrected chi connectivity index (χ2v) is 9.13. The van der Waals surface area contributed by atoms with Crippen LogP contribution in [-0.4, -0.2) is 21.0 Å². The molecule has 2 N–H and O–H groups in total. The third-order valence-electron chi connectivity index (χ3n) is 5.66. The van der Waals surface area contributed by atoms with E-state index < -0.39 is 0 Å². The zero-order valence-electron chi connectivity index (χ0n) is 18.2. The molecule has 1 aliphatic rings. The number of pyridine rings is 1. The highest BCUT2D eigenvalue weighted by atomic mass is 15.2. The molecule has 0 amide bonds. The Hall–Kier alpha value is -2.95. The van der Waals surface area contributed by atoms with E-state index in [0.29, 0.717) is 12.0 Å². The lowest BCUT2D eigenvalue weighted by atomic mass is 9.87. The molecule has 5 heteroatoms. The molecule has 0 atom stereocenters. The zero-order valence-corrected chi connectivity index (χ0v) is 18.2. The summed E-state index contributed by atoms with van der Waals surface area (Å²) >= 11 is 0. The van der Waals surface area contributed by atoms with Gasteiger partial charge in [-0.25, -0.2) is 4.98 Å². The number of aromatic nitrogens is 3. The Morgan fingerprint density at radius 1 is 0.867 bits per heavy atom. The van der Waals surface area contributed by atoms with Gasteiger partial charge in [-0.2, -0.15) is 4.98 Å². The van der Waals surface area contributed by atoms with Crippen molar-refractivity contribution in [2.45, 2.75) is 64.3 Å². The maximum absolute atomic E-state index is 4.80. The Kier molecular flexibility index (Phi) is 5.98. The highest BCUT2D eigenvalue weighted by Gasteiger charge is 2.16. The number of nitrogens with one attached hydrogen (secondary N) is 2. The van der Waals surface area contributed by atoms with Crippen molar-refractivity contribution in [3.63, 3.8) is 0 Å². The molecule has 5 nitrogen and oxygen atoms in total. The molecule has 2 aromatic heterocycles. The van der Waals surface area contributed by atoms with Crippen LogP contribution in [0.3, 0.4) is 0 Å². The summed E-state index contributed by atoms with van der Waals surface area (Å²) in [5.74, 6) is 1.48. The lowest BCUT2D eigenvalue weighted by Gasteiger charge is -2.23. The first-order valence-corrected chi connectivity index (χ1v) is 10.9. The van der Waals surface area contributed by atoms with E-state index in [1.165, 1.54) is 37.7 Å². The van der Waals surface area contributed by atoms with Crippen LogP contribution in [0.15, 0.2) is 54.9 Å². The number of hydrogen-bond acceptors (Lipinski definition) is 5. The average Bonchev–Trinajstić information content (AvgIpc) is 2.75. The minimum absolute atomic E-state index is 0.138. The minimum Gasteiger partial charge on any atom is -0.351 e. The van der Waals surface area contributed by atoms with Crippen LogP contribution in [0.1, 0.15) is 58.4 Å². The Morgan fingerprint density at radius 3 is 2.23 bits per heavy atom. The van der Waals surface area contributed by atoms with Crippen molar-refractivity contribution in [1.29, 1.82) is 0 Å². The van der Waals surface area contributed by atoms with E-state index in [0.717, 1.165) is 22.8 Å². The summed E-state index contributed by atoms with van der Waals surface area (Å²) in [6, 6.07) is 15.0. The second-order valence-electron chi connectivity index (χ2n) is 9.13. The molecule has 0 aliphatic heterocycles. The van der Waals surface area contributed by atoms with Crippen molar-refractivity contribution in [1.82, 2.24) is 15.0 Å². The van der Waals surface area contributed by atoms with Gasteiger partial charge < -0.3 is 10.6 Å². The van der Waals surface area contributed by atoms with Crippen LogP contribution in [0.2, 0.25) is 0 Å². The second kappa shape index (κ2) is 8.82. The van der Waals surface area contributed by atoms with E-state index in [2.05, 4.69) is 60.7 Å². The van der Waals surface area contributed by atoms with Gasteiger partial charge in [0.2, 0.25) is 5.95 Å². The number of nitrogens with zero attached hydrogens (tertiary/aromatic N) is 3. The van der Waals surface area contributed by atoms with Gasteiger partial charge in [-0.3, -0.25) is 4.98 Å². The monoisotopic (exact) mass is 401 g/mol. The van der Waals surface area contributed by atoms with Crippen molar-refractivity contribution in [2.24, 2.45) is 0 Å². The molecule has 2 heterocycles. The topological polar surface area (TPSA) is 62.7 Å². The van der Waals surface area contributed by atoms with E-state index in [1.807, 2.05) is 18.2 Å². The minimum atomic E-state index is 0.138. The average molecular weight is 402 g/mol. The molecule has 0 saturated heterocycles. The van der Waals surface area contributed by atoms with Crippen molar-refractivity contribution in [3.05, 3.63) is 60.4 Å². The van der Waals surface area contributed by atoms with Crippen LogP contribution in [0.5, 0.6) is 0 Å². The molecule has 1 saturated carbocycles. The zero-order chi connectivity index (χ0) is 21.0. The van der Waals surface area contributed by atoms with Gasteiger partial charge in [-0.15, -0.1) is 0 Å². The molecule has 3 aromatic rings. The molecule has 1 aromatic carbocycles. The van der Waals surface area contributed by atoms with Gasteiger partial charge in [0.25, 0.3) is 0 Å². The summed E-state index contributed by atoms with van der Waals surface area (Å²) in [4.78, 5) is 13.7. The van der Waals surface area contributed by atoms with Gasteiger partial charge in [-0.1, -0.05) is 52.2 Å². The molecular formula is C25H31N5. The maximum Gasteiger partial charge on any atom is 0.225 e. The number of hydrogen-bond donors (Lipinski definition) is 2. The van der Waals surface area contributed by atoms with Gasteiger partial charge in [0, 0.05) is 35.8 Å².